The Morgan fingerprint density at radius 1 is 1.17 bits per heavy atom. The molecule has 2 atom stereocenters. The van der Waals surface area contributed by atoms with E-state index >= 15 is 0 Å². The van der Waals surface area contributed by atoms with Crippen molar-refractivity contribution in [1.82, 2.24) is 15.4 Å². The molecule has 2 unspecified atom stereocenters. The van der Waals surface area contributed by atoms with Crippen molar-refractivity contribution in [2.24, 2.45) is 5.92 Å². The van der Waals surface area contributed by atoms with Crippen LogP contribution in [0.5, 0.6) is 0 Å². The summed E-state index contributed by atoms with van der Waals surface area (Å²) in [6.07, 6.45) is 8.19. The Kier molecular flexibility index (Phi) is 6.39. The van der Waals surface area contributed by atoms with Gasteiger partial charge in [-0.25, -0.2) is 4.79 Å². The number of likely N-dealkylation sites (tertiary alicyclic amines) is 1. The normalized spacial score (nSPS) is 25.0. The lowest BCUT2D eigenvalue weighted by Crippen LogP contribution is -2.56. The van der Waals surface area contributed by atoms with Crippen LogP contribution in [0.3, 0.4) is 0 Å². The number of nitrogens with zero attached hydrogens (tertiary/aromatic N) is 2. The monoisotopic (exact) mass is 417 g/mol. The third-order valence-corrected chi connectivity index (χ3v) is 6.47. The predicted octanol–water partition coefficient (Wildman–Crippen LogP) is 2.78. The van der Waals surface area contributed by atoms with Gasteiger partial charge < -0.3 is 19.5 Å². The van der Waals surface area contributed by atoms with Crippen molar-refractivity contribution in [3.63, 3.8) is 0 Å². The zero-order valence-electron chi connectivity index (χ0n) is 17.6. The zero-order valence-corrected chi connectivity index (χ0v) is 17.6. The fourth-order valence-corrected chi connectivity index (χ4v) is 4.62. The Balaban J connectivity index is 1.40. The van der Waals surface area contributed by atoms with E-state index in [2.05, 4.69) is 10.5 Å². The van der Waals surface area contributed by atoms with Crippen LogP contribution < -0.4 is 5.32 Å². The Hall–Kier alpha value is -2.38. The van der Waals surface area contributed by atoms with Gasteiger partial charge in [0.05, 0.1) is 6.61 Å². The molecule has 164 valence electrons. The van der Waals surface area contributed by atoms with Crippen molar-refractivity contribution in [2.75, 3.05) is 13.2 Å². The topological polar surface area (TPSA) is 102 Å². The first-order valence-electron chi connectivity index (χ1n) is 11.3. The van der Waals surface area contributed by atoms with Crippen molar-refractivity contribution in [3.05, 3.63) is 17.5 Å². The van der Waals surface area contributed by atoms with Gasteiger partial charge in [0.15, 0.2) is 5.69 Å². The van der Waals surface area contributed by atoms with E-state index in [0.717, 1.165) is 44.3 Å². The van der Waals surface area contributed by atoms with Crippen molar-refractivity contribution in [3.8, 4) is 0 Å². The Morgan fingerprint density at radius 3 is 2.63 bits per heavy atom. The maximum Gasteiger partial charge on any atom is 0.328 e. The first kappa shape index (κ1) is 20.9. The summed E-state index contributed by atoms with van der Waals surface area (Å²) >= 11 is 0. The molecular weight excluding hydrogens is 386 g/mol. The SMILES string of the molecule is CCOC(=O)C1CC(NC(=O)c2cc(C3CC3)on2)CCN1C(=O)C1CCCCC1. The molecule has 1 aliphatic heterocycles. The molecule has 0 bridgehead atoms. The van der Waals surface area contributed by atoms with E-state index < -0.39 is 12.0 Å². The van der Waals surface area contributed by atoms with Crippen LogP contribution in [0, 0.1) is 5.92 Å². The molecule has 3 aliphatic rings. The number of esters is 1. The summed E-state index contributed by atoms with van der Waals surface area (Å²) in [5.41, 5.74) is 0.269. The van der Waals surface area contributed by atoms with Crippen LogP contribution in [-0.4, -0.2) is 53.1 Å². The van der Waals surface area contributed by atoms with Crippen molar-refractivity contribution >= 4 is 17.8 Å². The molecule has 8 heteroatoms. The predicted molar refractivity (Wildman–Crippen MR) is 108 cm³/mol. The Morgan fingerprint density at radius 2 is 1.93 bits per heavy atom. The average Bonchev–Trinajstić information content (AvgIpc) is 3.50. The van der Waals surface area contributed by atoms with E-state index in [4.69, 9.17) is 9.26 Å². The quantitative estimate of drug-likeness (QED) is 0.714. The van der Waals surface area contributed by atoms with E-state index in [0.29, 0.717) is 25.3 Å². The van der Waals surface area contributed by atoms with Gasteiger partial charge in [0.1, 0.15) is 11.8 Å². The molecule has 1 N–H and O–H groups in total. The number of carbonyl (C=O) groups is 3. The molecular formula is C22H31N3O5. The Bertz CT molecular complexity index is 781. The van der Waals surface area contributed by atoms with Gasteiger partial charge in [-0.2, -0.15) is 0 Å². The fraction of sp³-hybridized carbons (Fsp3) is 0.727. The summed E-state index contributed by atoms with van der Waals surface area (Å²) in [4.78, 5) is 40.0. The first-order valence-corrected chi connectivity index (χ1v) is 11.3. The second-order valence-corrected chi connectivity index (χ2v) is 8.72. The van der Waals surface area contributed by atoms with Crippen LogP contribution in [0.25, 0.3) is 0 Å². The molecule has 3 fully saturated rings. The molecule has 30 heavy (non-hydrogen) atoms. The van der Waals surface area contributed by atoms with Gasteiger partial charge in [-0.15, -0.1) is 0 Å². The summed E-state index contributed by atoms with van der Waals surface area (Å²) in [7, 11) is 0. The van der Waals surface area contributed by atoms with Gasteiger partial charge >= 0.3 is 5.97 Å². The minimum atomic E-state index is -0.655. The third kappa shape index (κ3) is 4.68. The number of amides is 2. The molecule has 8 nitrogen and oxygen atoms in total. The largest absolute Gasteiger partial charge is 0.464 e. The maximum atomic E-state index is 13.1. The molecule has 2 amide bonds. The molecule has 2 saturated carbocycles. The number of hydrogen-bond acceptors (Lipinski definition) is 6. The van der Waals surface area contributed by atoms with Crippen LogP contribution in [-0.2, 0) is 14.3 Å². The molecule has 0 radical (unpaired) electrons. The summed E-state index contributed by atoms with van der Waals surface area (Å²) in [6.45, 7) is 2.46. The first-order chi connectivity index (χ1) is 14.6. The number of piperidine rings is 1. The summed E-state index contributed by atoms with van der Waals surface area (Å²) < 4.78 is 10.5. The van der Waals surface area contributed by atoms with Gasteiger partial charge in [-0.1, -0.05) is 24.4 Å². The van der Waals surface area contributed by atoms with E-state index in [1.165, 1.54) is 6.42 Å². The number of hydrogen-bond donors (Lipinski definition) is 1. The van der Waals surface area contributed by atoms with Gasteiger partial charge in [-0.05, 0) is 45.4 Å². The number of carbonyl (C=O) groups excluding carboxylic acids is 3. The summed E-state index contributed by atoms with van der Waals surface area (Å²) in [5, 5.41) is 6.85. The standard InChI is InChI=1S/C22H31N3O5/c1-2-29-22(28)18-12-16(10-11-25(18)21(27)15-6-4-3-5-7-15)23-20(26)17-13-19(30-24-17)14-8-9-14/h13-16,18H,2-12H2,1H3,(H,23,26). The number of ether oxygens (including phenoxy) is 1. The van der Waals surface area contributed by atoms with Gasteiger partial charge in [0, 0.05) is 30.5 Å². The van der Waals surface area contributed by atoms with Crippen LogP contribution in [0.15, 0.2) is 10.6 Å². The lowest BCUT2D eigenvalue weighted by atomic mass is 9.86. The highest BCUT2D eigenvalue weighted by Gasteiger charge is 2.40. The lowest BCUT2D eigenvalue weighted by Gasteiger charge is -2.40. The van der Waals surface area contributed by atoms with E-state index in [-0.39, 0.29) is 36.1 Å². The van der Waals surface area contributed by atoms with Crippen molar-refractivity contribution in [2.45, 2.75) is 82.7 Å². The molecule has 1 saturated heterocycles. The van der Waals surface area contributed by atoms with Crippen LogP contribution >= 0.6 is 0 Å². The second-order valence-electron chi connectivity index (χ2n) is 8.72. The van der Waals surface area contributed by atoms with E-state index in [1.54, 1.807) is 17.9 Å². The number of rotatable bonds is 6. The third-order valence-electron chi connectivity index (χ3n) is 6.47. The number of nitrogens with one attached hydrogen (secondary N) is 1. The summed E-state index contributed by atoms with van der Waals surface area (Å²) in [6, 6.07) is 0.832. The highest BCUT2D eigenvalue weighted by molar-refractivity contribution is 5.92. The Labute approximate surface area is 176 Å². The highest BCUT2D eigenvalue weighted by Crippen LogP contribution is 2.40. The molecule has 2 heterocycles. The molecule has 2 aliphatic carbocycles. The minimum Gasteiger partial charge on any atom is -0.464 e. The average molecular weight is 418 g/mol. The highest BCUT2D eigenvalue weighted by atomic mass is 16.5. The van der Waals surface area contributed by atoms with Crippen LogP contribution in [0.2, 0.25) is 0 Å². The maximum absolute atomic E-state index is 13.1. The molecule has 1 aromatic heterocycles. The van der Waals surface area contributed by atoms with Crippen LogP contribution in [0.1, 0.15) is 86.9 Å². The number of aromatic nitrogens is 1. The van der Waals surface area contributed by atoms with Crippen LogP contribution in [0.4, 0.5) is 0 Å². The smallest absolute Gasteiger partial charge is 0.328 e. The van der Waals surface area contributed by atoms with Crippen molar-refractivity contribution < 1.29 is 23.6 Å². The molecule has 1 aromatic rings. The van der Waals surface area contributed by atoms with Crippen molar-refractivity contribution in [1.29, 1.82) is 0 Å². The van der Waals surface area contributed by atoms with E-state index in [9.17, 15) is 14.4 Å². The van der Waals surface area contributed by atoms with Gasteiger partial charge in [0.2, 0.25) is 5.91 Å². The summed E-state index contributed by atoms with van der Waals surface area (Å²) in [5.74, 6) is 0.517. The zero-order chi connectivity index (χ0) is 21.1. The molecule has 0 spiro atoms. The minimum absolute atomic E-state index is 0.00204. The van der Waals surface area contributed by atoms with Gasteiger partial charge in [0.25, 0.3) is 5.91 Å². The van der Waals surface area contributed by atoms with E-state index in [1.807, 2.05) is 0 Å². The fourth-order valence-electron chi connectivity index (χ4n) is 4.62. The molecule has 4 rings (SSSR count). The van der Waals surface area contributed by atoms with Gasteiger partial charge in [-0.3, -0.25) is 9.59 Å². The molecule has 0 aromatic carbocycles. The second kappa shape index (κ2) is 9.18. The lowest BCUT2D eigenvalue weighted by molar-refractivity contribution is -0.159.